The molecule has 0 unspecified atom stereocenters. The molecule has 106 valence electrons. The van der Waals surface area contributed by atoms with E-state index in [1.807, 2.05) is 0 Å². The largest absolute Gasteiger partial charge is 0.312 e. The molecule has 2 nitrogen and oxygen atoms in total. The van der Waals surface area contributed by atoms with Crippen molar-refractivity contribution in [1.82, 2.24) is 10.3 Å². The zero-order valence-corrected chi connectivity index (χ0v) is 12.8. The van der Waals surface area contributed by atoms with Gasteiger partial charge in [-0.1, -0.05) is 18.5 Å². The molecule has 3 rings (SSSR count). The van der Waals surface area contributed by atoms with Crippen LogP contribution in [0, 0.1) is 5.82 Å². The standard InChI is InChI=1S/C15H16ClFN2S/c1-2-18-8-13-14(9-3-4-9)19-15(20-13)10-5-6-12(17)11(16)7-10/h5-7,9,18H,2-4,8H2,1H3. The van der Waals surface area contributed by atoms with Gasteiger partial charge in [0.1, 0.15) is 10.8 Å². The summed E-state index contributed by atoms with van der Waals surface area (Å²) in [5.74, 6) is 0.229. The molecule has 0 bridgehead atoms. The second-order valence-corrected chi connectivity index (χ2v) is 6.50. The molecule has 0 atom stereocenters. The van der Waals surface area contributed by atoms with Gasteiger partial charge in [0.2, 0.25) is 0 Å². The number of halogens is 2. The van der Waals surface area contributed by atoms with Gasteiger partial charge < -0.3 is 5.32 Å². The molecule has 0 radical (unpaired) electrons. The van der Waals surface area contributed by atoms with Crippen LogP contribution in [0.2, 0.25) is 5.02 Å². The zero-order chi connectivity index (χ0) is 14.1. The summed E-state index contributed by atoms with van der Waals surface area (Å²) in [5.41, 5.74) is 2.11. The second-order valence-electron chi connectivity index (χ2n) is 5.01. The van der Waals surface area contributed by atoms with E-state index in [2.05, 4.69) is 12.2 Å². The first-order valence-corrected chi connectivity index (χ1v) is 8.04. The van der Waals surface area contributed by atoms with Gasteiger partial charge in [0.15, 0.2) is 0 Å². The van der Waals surface area contributed by atoms with Crippen molar-refractivity contribution in [3.05, 3.63) is 39.6 Å². The molecule has 0 saturated heterocycles. The summed E-state index contributed by atoms with van der Waals surface area (Å²) in [6, 6.07) is 4.80. The number of benzene rings is 1. The van der Waals surface area contributed by atoms with Crippen LogP contribution >= 0.6 is 22.9 Å². The summed E-state index contributed by atoms with van der Waals surface area (Å²) in [5, 5.41) is 4.44. The molecule has 1 N–H and O–H groups in total. The van der Waals surface area contributed by atoms with Crippen molar-refractivity contribution >= 4 is 22.9 Å². The van der Waals surface area contributed by atoms with Crippen molar-refractivity contribution in [3.8, 4) is 10.6 Å². The monoisotopic (exact) mass is 310 g/mol. The summed E-state index contributed by atoms with van der Waals surface area (Å²) in [6.45, 7) is 3.90. The van der Waals surface area contributed by atoms with E-state index >= 15 is 0 Å². The van der Waals surface area contributed by atoms with E-state index in [1.165, 1.54) is 29.5 Å². The first-order chi connectivity index (χ1) is 9.69. The van der Waals surface area contributed by atoms with E-state index in [0.717, 1.165) is 23.7 Å². The van der Waals surface area contributed by atoms with Gasteiger partial charge in [-0.15, -0.1) is 11.3 Å². The average molecular weight is 311 g/mol. The van der Waals surface area contributed by atoms with Crippen LogP contribution in [0.3, 0.4) is 0 Å². The minimum absolute atomic E-state index is 0.152. The Morgan fingerprint density at radius 2 is 2.25 bits per heavy atom. The highest BCUT2D eigenvalue weighted by molar-refractivity contribution is 7.15. The molecule has 5 heteroatoms. The molecular weight excluding hydrogens is 295 g/mol. The number of hydrogen-bond acceptors (Lipinski definition) is 3. The van der Waals surface area contributed by atoms with Crippen molar-refractivity contribution in [2.75, 3.05) is 6.54 Å². The van der Waals surface area contributed by atoms with Crippen LogP contribution < -0.4 is 5.32 Å². The topological polar surface area (TPSA) is 24.9 Å². The average Bonchev–Trinajstić information content (AvgIpc) is 3.20. The molecule has 1 aliphatic carbocycles. The van der Waals surface area contributed by atoms with Crippen LogP contribution in [0.1, 0.15) is 36.3 Å². The molecule has 0 amide bonds. The van der Waals surface area contributed by atoms with Gasteiger partial charge in [0.25, 0.3) is 0 Å². The van der Waals surface area contributed by atoms with Gasteiger partial charge in [-0.3, -0.25) is 0 Å². The lowest BCUT2D eigenvalue weighted by atomic mass is 10.2. The van der Waals surface area contributed by atoms with E-state index in [-0.39, 0.29) is 10.8 Å². The molecule has 1 fully saturated rings. The molecule has 1 aliphatic rings. The molecule has 1 saturated carbocycles. The molecule has 0 aliphatic heterocycles. The van der Waals surface area contributed by atoms with Crippen LogP contribution in [-0.4, -0.2) is 11.5 Å². The number of rotatable bonds is 5. The van der Waals surface area contributed by atoms with Gasteiger partial charge in [0, 0.05) is 22.9 Å². The molecule has 2 aromatic rings. The third-order valence-corrected chi connectivity index (χ3v) is 4.80. The van der Waals surface area contributed by atoms with Gasteiger partial charge in [0.05, 0.1) is 10.7 Å². The van der Waals surface area contributed by atoms with E-state index in [9.17, 15) is 4.39 Å². The summed E-state index contributed by atoms with van der Waals surface area (Å²) >= 11 is 7.54. The van der Waals surface area contributed by atoms with Gasteiger partial charge >= 0.3 is 0 Å². The maximum absolute atomic E-state index is 13.2. The van der Waals surface area contributed by atoms with E-state index < -0.39 is 0 Å². The Bertz CT molecular complexity index is 622. The highest BCUT2D eigenvalue weighted by Crippen LogP contribution is 2.44. The summed E-state index contributed by atoms with van der Waals surface area (Å²) in [7, 11) is 0. The normalized spacial score (nSPS) is 14.8. The summed E-state index contributed by atoms with van der Waals surface area (Å²) < 4.78 is 13.2. The maximum Gasteiger partial charge on any atom is 0.141 e. The number of nitrogens with zero attached hydrogens (tertiary/aromatic N) is 1. The van der Waals surface area contributed by atoms with Crippen molar-refractivity contribution in [2.45, 2.75) is 32.2 Å². The fraction of sp³-hybridized carbons (Fsp3) is 0.400. The van der Waals surface area contributed by atoms with Crippen molar-refractivity contribution in [1.29, 1.82) is 0 Å². The second kappa shape index (κ2) is 5.80. The predicted molar refractivity (Wildman–Crippen MR) is 81.9 cm³/mol. The van der Waals surface area contributed by atoms with Gasteiger partial charge in [-0.2, -0.15) is 0 Å². The molecule has 20 heavy (non-hydrogen) atoms. The Morgan fingerprint density at radius 1 is 1.45 bits per heavy atom. The lowest BCUT2D eigenvalue weighted by Gasteiger charge is -2.00. The number of nitrogens with one attached hydrogen (secondary N) is 1. The van der Waals surface area contributed by atoms with Crippen LogP contribution in [0.25, 0.3) is 10.6 Å². The van der Waals surface area contributed by atoms with E-state index in [0.29, 0.717) is 5.92 Å². The Hall–Kier alpha value is -0.970. The molecule has 1 aromatic carbocycles. The van der Waals surface area contributed by atoms with Gasteiger partial charge in [-0.05, 0) is 37.6 Å². The highest BCUT2D eigenvalue weighted by atomic mass is 35.5. The predicted octanol–water partition coefficient (Wildman–Crippen LogP) is 4.59. The Balaban J connectivity index is 1.94. The smallest absolute Gasteiger partial charge is 0.141 e. The highest BCUT2D eigenvalue weighted by Gasteiger charge is 2.29. The molecule has 1 heterocycles. The zero-order valence-electron chi connectivity index (χ0n) is 11.2. The number of thiazole rings is 1. The molecule has 0 spiro atoms. The minimum atomic E-state index is -0.387. The van der Waals surface area contributed by atoms with Crippen LogP contribution in [-0.2, 0) is 6.54 Å². The first kappa shape index (κ1) is 14.0. The summed E-state index contributed by atoms with van der Waals surface area (Å²) in [4.78, 5) is 6.06. The van der Waals surface area contributed by atoms with Crippen molar-refractivity contribution in [2.24, 2.45) is 0 Å². The third-order valence-electron chi connectivity index (χ3n) is 3.39. The number of aromatic nitrogens is 1. The quantitative estimate of drug-likeness (QED) is 0.873. The Labute approximate surface area is 127 Å². The maximum atomic E-state index is 13.2. The minimum Gasteiger partial charge on any atom is -0.312 e. The Kier molecular flexibility index (Phi) is 4.06. The third kappa shape index (κ3) is 2.87. The van der Waals surface area contributed by atoms with Crippen molar-refractivity contribution < 1.29 is 4.39 Å². The van der Waals surface area contributed by atoms with Crippen molar-refractivity contribution in [3.63, 3.8) is 0 Å². The Morgan fingerprint density at radius 3 is 2.90 bits per heavy atom. The fourth-order valence-electron chi connectivity index (χ4n) is 2.16. The number of hydrogen-bond donors (Lipinski definition) is 1. The first-order valence-electron chi connectivity index (χ1n) is 6.84. The lowest BCUT2D eigenvalue weighted by molar-refractivity contribution is 0.628. The fourth-order valence-corrected chi connectivity index (χ4v) is 3.45. The van der Waals surface area contributed by atoms with E-state index in [1.54, 1.807) is 23.5 Å². The lowest BCUT2D eigenvalue weighted by Crippen LogP contribution is -2.11. The molecular formula is C15H16ClFN2S. The van der Waals surface area contributed by atoms with Crippen LogP contribution in [0.15, 0.2) is 18.2 Å². The molecule has 1 aromatic heterocycles. The van der Waals surface area contributed by atoms with Gasteiger partial charge in [-0.25, -0.2) is 9.37 Å². The summed E-state index contributed by atoms with van der Waals surface area (Å²) in [6.07, 6.45) is 2.46. The van der Waals surface area contributed by atoms with Crippen LogP contribution in [0.4, 0.5) is 4.39 Å². The van der Waals surface area contributed by atoms with E-state index in [4.69, 9.17) is 16.6 Å². The van der Waals surface area contributed by atoms with Crippen LogP contribution in [0.5, 0.6) is 0 Å². The SMILES string of the molecule is CCNCc1sc(-c2ccc(F)c(Cl)c2)nc1C1CC1.